The molecule has 2 atom stereocenters. The van der Waals surface area contributed by atoms with Gasteiger partial charge in [-0.1, -0.05) is 209 Å². The lowest BCUT2D eigenvalue weighted by atomic mass is 10.1. The van der Waals surface area contributed by atoms with Gasteiger partial charge in [-0.2, -0.15) is 0 Å². The van der Waals surface area contributed by atoms with Gasteiger partial charge in [-0.25, -0.2) is 4.57 Å². The summed E-state index contributed by atoms with van der Waals surface area (Å²) in [4.78, 5) is 23.0. The highest BCUT2D eigenvalue weighted by molar-refractivity contribution is 7.47. The second-order valence-corrected chi connectivity index (χ2v) is 21.1. The van der Waals surface area contributed by atoms with E-state index in [2.05, 4.69) is 86.8 Å². The number of unbranched alkanes of at least 4 members (excludes halogenated alkanes) is 25. The van der Waals surface area contributed by atoms with E-state index in [-0.39, 0.29) is 25.8 Å². The van der Waals surface area contributed by atoms with Gasteiger partial charge in [0.1, 0.15) is 19.3 Å². The maximum absolute atomic E-state index is 12.8. The number of carbonyl (C=O) groups excluding carboxylic acids is 1. The van der Waals surface area contributed by atoms with Crippen LogP contribution in [0.3, 0.4) is 0 Å². The summed E-state index contributed by atoms with van der Waals surface area (Å²) in [5.41, 5.74) is 0. The average molecular weight is 961 g/mol. The van der Waals surface area contributed by atoms with Gasteiger partial charge in [0.25, 0.3) is 0 Å². The summed E-state index contributed by atoms with van der Waals surface area (Å²) < 4.78 is 35.2. The summed E-state index contributed by atoms with van der Waals surface area (Å²) in [6.45, 7) is 5.58. The summed E-state index contributed by atoms with van der Waals surface area (Å²) in [5.74, 6) is -0.328. The van der Waals surface area contributed by atoms with Gasteiger partial charge in [-0.05, 0) is 89.9 Å². The zero-order valence-electron chi connectivity index (χ0n) is 44.4. The van der Waals surface area contributed by atoms with Crippen molar-refractivity contribution in [3.63, 3.8) is 0 Å². The van der Waals surface area contributed by atoms with Crippen molar-refractivity contribution in [2.75, 3.05) is 54.1 Å². The number of ether oxygens (including phenoxy) is 2. The van der Waals surface area contributed by atoms with Gasteiger partial charge in [-0.15, -0.1) is 0 Å². The molecule has 0 saturated heterocycles. The zero-order chi connectivity index (χ0) is 49.0. The Labute approximate surface area is 414 Å². The Bertz CT molecular complexity index is 1300. The summed E-state index contributed by atoms with van der Waals surface area (Å²) in [6, 6.07) is 0. The average Bonchev–Trinajstić information content (AvgIpc) is 3.29. The van der Waals surface area contributed by atoms with Gasteiger partial charge in [-0.3, -0.25) is 13.8 Å². The van der Waals surface area contributed by atoms with Crippen LogP contribution in [0.5, 0.6) is 0 Å². The van der Waals surface area contributed by atoms with Gasteiger partial charge in [0.05, 0.1) is 34.4 Å². The van der Waals surface area contributed by atoms with Gasteiger partial charge in [0, 0.05) is 13.0 Å². The molecule has 0 rings (SSSR count). The molecule has 0 aromatic heterocycles. The first-order valence-corrected chi connectivity index (χ1v) is 29.2. The molecule has 0 fully saturated rings. The highest BCUT2D eigenvalue weighted by Crippen LogP contribution is 2.43. The highest BCUT2D eigenvalue weighted by Gasteiger charge is 2.26. The zero-order valence-corrected chi connectivity index (χ0v) is 45.3. The normalized spacial score (nSPS) is 14.1. The lowest BCUT2D eigenvalue weighted by Gasteiger charge is -2.24. The van der Waals surface area contributed by atoms with Crippen molar-refractivity contribution >= 4 is 13.8 Å². The summed E-state index contributed by atoms with van der Waals surface area (Å²) >= 11 is 0. The number of hydrogen-bond acceptors (Lipinski definition) is 6. The van der Waals surface area contributed by atoms with E-state index in [9.17, 15) is 14.3 Å². The second kappa shape index (κ2) is 50.3. The number of phosphoric ester groups is 1. The molecule has 0 saturated carbocycles. The van der Waals surface area contributed by atoms with Crippen LogP contribution in [0.4, 0.5) is 0 Å². The van der Waals surface area contributed by atoms with E-state index in [0.717, 1.165) is 70.6 Å². The maximum Gasteiger partial charge on any atom is 0.472 e. The topological polar surface area (TPSA) is 91.3 Å². The molecule has 0 aliphatic heterocycles. The van der Waals surface area contributed by atoms with E-state index in [1.165, 1.54) is 141 Å². The predicted molar refractivity (Wildman–Crippen MR) is 288 cm³/mol. The van der Waals surface area contributed by atoms with Crippen molar-refractivity contribution < 1.29 is 37.3 Å². The molecule has 9 heteroatoms. The molecule has 0 aliphatic rings. The summed E-state index contributed by atoms with van der Waals surface area (Å²) in [7, 11) is 1.65. The van der Waals surface area contributed by atoms with Crippen molar-refractivity contribution in [1.82, 2.24) is 0 Å². The largest absolute Gasteiger partial charge is 0.472 e. The molecule has 0 spiro atoms. The third kappa shape index (κ3) is 54.7. The minimum absolute atomic E-state index is 0.0814. The van der Waals surface area contributed by atoms with E-state index in [4.69, 9.17) is 18.5 Å². The Morgan fingerprint density at radius 1 is 0.463 bits per heavy atom. The van der Waals surface area contributed by atoms with Crippen LogP contribution in [0.1, 0.15) is 232 Å². The maximum atomic E-state index is 12.8. The molecular formula is C58H107NO7P+. The van der Waals surface area contributed by atoms with Crippen LogP contribution < -0.4 is 0 Å². The number of rotatable bonds is 51. The van der Waals surface area contributed by atoms with Gasteiger partial charge >= 0.3 is 13.8 Å². The molecule has 0 aliphatic carbocycles. The first kappa shape index (κ1) is 64.9. The Hall–Kier alpha value is -2.06. The standard InChI is InChI=1S/C58H106NO7P/c1-6-8-10-12-14-16-18-20-22-24-26-28-29-30-32-34-36-38-40-42-44-46-48-50-53-63-55-57(56-65-67(61,62)64-54-52-59(3,4)5)66-58(60)51-49-47-45-43-41-39-37-35-33-31-27-25-23-21-19-17-15-13-11-9-7-2/h18-21,24-27,29-30,33,35,57H,6-17,22-23,28,31-32,34,36-56H2,1-5H3/p+1/b20-18-,21-19-,26-24-,27-25-,30-29-,35-33-. The molecule has 0 heterocycles. The number of quaternary nitrogens is 1. The highest BCUT2D eigenvalue weighted by atomic mass is 31.2. The SMILES string of the molecule is CCCCCCC/C=C\C/C=C\C/C=C\CCCCCCCCCCCOCC(COP(=O)(O)OCC[N+](C)(C)C)OC(=O)CCCCCCCC/C=C\C/C=C\C/C=C\CCCCCCC. The second-order valence-electron chi connectivity index (χ2n) is 19.6. The van der Waals surface area contributed by atoms with Crippen molar-refractivity contribution in [2.24, 2.45) is 0 Å². The van der Waals surface area contributed by atoms with Crippen molar-refractivity contribution in [3.8, 4) is 0 Å². The monoisotopic (exact) mass is 961 g/mol. The molecule has 1 N–H and O–H groups in total. The molecule has 390 valence electrons. The van der Waals surface area contributed by atoms with Crippen LogP contribution in [0.2, 0.25) is 0 Å². The molecule has 67 heavy (non-hydrogen) atoms. The first-order valence-electron chi connectivity index (χ1n) is 27.7. The Morgan fingerprint density at radius 2 is 0.821 bits per heavy atom. The Morgan fingerprint density at radius 3 is 1.22 bits per heavy atom. The van der Waals surface area contributed by atoms with Gasteiger partial charge in [0.15, 0.2) is 0 Å². The Kier molecular flexibility index (Phi) is 48.8. The van der Waals surface area contributed by atoms with Crippen LogP contribution in [0.25, 0.3) is 0 Å². The number of hydrogen-bond donors (Lipinski definition) is 1. The summed E-state index contributed by atoms with van der Waals surface area (Å²) in [5, 5.41) is 0. The number of allylic oxidation sites excluding steroid dienone is 12. The van der Waals surface area contributed by atoms with Crippen LogP contribution in [-0.4, -0.2) is 75.6 Å². The van der Waals surface area contributed by atoms with Crippen LogP contribution >= 0.6 is 7.82 Å². The summed E-state index contributed by atoms with van der Waals surface area (Å²) in [6.07, 6.45) is 66.7. The minimum Gasteiger partial charge on any atom is -0.457 e. The molecule has 0 aromatic rings. The quantitative estimate of drug-likeness (QED) is 0.0213. The molecule has 0 bridgehead atoms. The number of likely N-dealkylation sites (N-methyl/N-ethyl adjacent to an activating group) is 1. The van der Waals surface area contributed by atoms with E-state index in [1.54, 1.807) is 0 Å². The molecule has 0 amide bonds. The molecule has 2 unspecified atom stereocenters. The predicted octanol–water partition coefficient (Wildman–Crippen LogP) is 17.4. The first-order chi connectivity index (χ1) is 32.6. The molecular weight excluding hydrogens is 854 g/mol. The van der Waals surface area contributed by atoms with Crippen LogP contribution in [-0.2, 0) is 27.9 Å². The minimum atomic E-state index is -4.29. The fraction of sp³-hybridized carbons (Fsp3) is 0.776. The lowest BCUT2D eigenvalue weighted by Crippen LogP contribution is -2.37. The van der Waals surface area contributed by atoms with Crippen molar-refractivity contribution in [2.45, 2.75) is 238 Å². The number of phosphoric acid groups is 1. The van der Waals surface area contributed by atoms with Crippen LogP contribution in [0.15, 0.2) is 72.9 Å². The van der Waals surface area contributed by atoms with E-state index in [0.29, 0.717) is 24.1 Å². The smallest absolute Gasteiger partial charge is 0.457 e. The van der Waals surface area contributed by atoms with Gasteiger partial charge < -0.3 is 18.9 Å². The van der Waals surface area contributed by atoms with E-state index >= 15 is 0 Å². The van der Waals surface area contributed by atoms with Crippen molar-refractivity contribution in [1.29, 1.82) is 0 Å². The fourth-order valence-electron chi connectivity index (χ4n) is 7.45. The third-order valence-electron chi connectivity index (χ3n) is 11.7. The van der Waals surface area contributed by atoms with Crippen molar-refractivity contribution in [3.05, 3.63) is 72.9 Å². The number of carbonyl (C=O) groups is 1. The van der Waals surface area contributed by atoms with E-state index in [1.807, 2.05) is 21.1 Å². The van der Waals surface area contributed by atoms with E-state index < -0.39 is 13.9 Å². The third-order valence-corrected chi connectivity index (χ3v) is 12.7. The number of esters is 1. The fourth-order valence-corrected chi connectivity index (χ4v) is 8.19. The lowest BCUT2D eigenvalue weighted by molar-refractivity contribution is -0.870. The van der Waals surface area contributed by atoms with Crippen LogP contribution in [0, 0.1) is 0 Å². The molecule has 0 radical (unpaired) electrons. The Balaban J connectivity index is 4.16. The van der Waals surface area contributed by atoms with Gasteiger partial charge in [0.2, 0.25) is 0 Å². The molecule has 8 nitrogen and oxygen atoms in total. The number of nitrogens with zero attached hydrogens (tertiary/aromatic N) is 1. The molecule has 0 aromatic carbocycles.